The Balaban J connectivity index is 1.40. The van der Waals surface area contributed by atoms with E-state index in [1.165, 1.54) is 0 Å². The maximum Gasteiger partial charge on any atom is 0.229 e. The van der Waals surface area contributed by atoms with Gasteiger partial charge in [0, 0.05) is 25.4 Å². The molecule has 0 spiro atoms. The highest BCUT2D eigenvalue weighted by molar-refractivity contribution is 5.96. The number of rotatable bonds is 10. The molecule has 36 heavy (non-hydrogen) atoms. The van der Waals surface area contributed by atoms with Crippen LogP contribution in [0.25, 0.3) is 0 Å². The fraction of sp³-hybridized carbons (Fsp3) is 0.481. The normalized spacial score (nSPS) is 20.2. The minimum atomic E-state index is -0.196. The molecule has 2 aromatic carbocycles. The molecule has 3 aromatic rings. The molecular formula is C27H34N6O3. The zero-order valence-electron chi connectivity index (χ0n) is 21.0. The number of fused-ring (bicyclic) bond motifs is 1. The summed E-state index contributed by atoms with van der Waals surface area (Å²) < 4.78 is 13.3. The fourth-order valence-corrected chi connectivity index (χ4v) is 5.31. The molecule has 0 saturated carbocycles. The monoisotopic (exact) mass is 490 g/mol. The first-order valence-electron chi connectivity index (χ1n) is 12.8. The number of amides is 1. The molecule has 9 nitrogen and oxygen atoms in total. The molecule has 190 valence electrons. The SMILES string of the molecule is CCC(c1nnnn1Cc1ccccc1)N(CC1CCCO1)CC1Cc2cc(OC)ccc2NC1=O. The molecule has 0 aliphatic carbocycles. The summed E-state index contributed by atoms with van der Waals surface area (Å²) in [5, 5.41) is 15.9. The topological polar surface area (TPSA) is 94.4 Å². The Labute approximate surface area is 211 Å². The summed E-state index contributed by atoms with van der Waals surface area (Å²) >= 11 is 0. The summed E-state index contributed by atoms with van der Waals surface area (Å²) in [7, 11) is 1.66. The van der Waals surface area contributed by atoms with Gasteiger partial charge in [-0.15, -0.1) is 5.10 Å². The largest absolute Gasteiger partial charge is 0.497 e. The number of hydrogen-bond donors (Lipinski definition) is 1. The first kappa shape index (κ1) is 24.4. The highest BCUT2D eigenvalue weighted by Crippen LogP contribution is 2.32. The van der Waals surface area contributed by atoms with Crippen molar-refractivity contribution in [3.05, 3.63) is 65.5 Å². The molecule has 3 atom stereocenters. The molecule has 1 amide bonds. The van der Waals surface area contributed by atoms with Crippen molar-refractivity contribution in [2.45, 2.75) is 51.3 Å². The molecule has 1 saturated heterocycles. The summed E-state index contributed by atoms with van der Waals surface area (Å²) in [6.45, 7) is 4.88. The Kier molecular flexibility index (Phi) is 7.58. The van der Waals surface area contributed by atoms with Gasteiger partial charge in [-0.05, 0) is 65.4 Å². The third-order valence-electron chi connectivity index (χ3n) is 7.18. The van der Waals surface area contributed by atoms with Gasteiger partial charge in [0.05, 0.1) is 31.7 Å². The van der Waals surface area contributed by atoms with Gasteiger partial charge in [0.2, 0.25) is 5.91 Å². The average molecular weight is 491 g/mol. The van der Waals surface area contributed by atoms with E-state index in [1.54, 1.807) is 7.11 Å². The van der Waals surface area contributed by atoms with Crippen LogP contribution in [0.4, 0.5) is 5.69 Å². The number of methoxy groups -OCH3 is 1. The maximum atomic E-state index is 13.1. The Morgan fingerprint density at radius 2 is 2.08 bits per heavy atom. The van der Waals surface area contributed by atoms with Crippen LogP contribution >= 0.6 is 0 Å². The number of hydrogen-bond acceptors (Lipinski definition) is 7. The lowest BCUT2D eigenvalue weighted by Crippen LogP contribution is -2.44. The number of carbonyl (C=O) groups is 1. The molecular weight excluding hydrogens is 456 g/mol. The fourth-order valence-electron chi connectivity index (χ4n) is 5.31. The van der Waals surface area contributed by atoms with Crippen molar-refractivity contribution in [3.8, 4) is 5.75 Å². The maximum absolute atomic E-state index is 13.1. The zero-order valence-corrected chi connectivity index (χ0v) is 21.0. The number of carbonyl (C=O) groups excluding carboxylic acids is 1. The third-order valence-corrected chi connectivity index (χ3v) is 7.18. The molecule has 1 N–H and O–H groups in total. The first-order chi connectivity index (χ1) is 17.6. The van der Waals surface area contributed by atoms with Crippen molar-refractivity contribution in [2.24, 2.45) is 5.92 Å². The number of anilines is 1. The van der Waals surface area contributed by atoms with Crippen LogP contribution in [-0.2, 0) is 22.5 Å². The van der Waals surface area contributed by atoms with Crippen LogP contribution in [-0.4, -0.2) is 63.9 Å². The summed E-state index contributed by atoms with van der Waals surface area (Å²) in [6, 6.07) is 16.0. The van der Waals surface area contributed by atoms with Crippen LogP contribution in [0.5, 0.6) is 5.75 Å². The number of tetrazole rings is 1. The third kappa shape index (κ3) is 5.42. The zero-order chi connectivity index (χ0) is 24.9. The Morgan fingerprint density at radius 3 is 2.83 bits per heavy atom. The second-order valence-corrected chi connectivity index (χ2v) is 9.61. The van der Waals surface area contributed by atoms with E-state index < -0.39 is 0 Å². The molecule has 0 radical (unpaired) electrons. The molecule has 3 heterocycles. The standard InChI is InChI=1S/C27H34N6O3/c1-3-25(26-29-30-31-33(26)16-19-8-5-4-6-9-19)32(18-23-10-7-13-36-23)17-21-14-20-15-22(35-2)11-12-24(20)28-27(21)34/h4-6,8-9,11-12,15,21,23,25H,3,7,10,13-14,16-18H2,1-2H3,(H,28,34). The summed E-state index contributed by atoms with van der Waals surface area (Å²) in [5.41, 5.74) is 3.10. The second kappa shape index (κ2) is 11.2. The van der Waals surface area contributed by atoms with Gasteiger partial charge in [-0.1, -0.05) is 37.3 Å². The van der Waals surface area contributed by atoms with Crippen molar-refractivity contribution >= 4 is 11.6 Å². The van der Waals surface area contributed by atoms with E-state index in [2.05, 4.69) is 44.8 Å². The Hall–Kier alpha value is -3.30. The van der Waals surface area contributed by atoms with Crippen LogP contribution in [0.15, 0.2) is 48.5 Å². The molecule has 2 aliphatic heterocycles. The van der Waals surface area contributed by atoms with Crippen molar-refractivity contribution < 1.29 is 14.3 Å². The molecule has 5 rings (SSSR count). The molecule has 2 aliphatic rings. The van der Waals surface area contributed by atoms with Gasteiger partial charge in [0.1, 0.15) is 5.75 Å². The first-order valence-corrected chi connectivity index (χ1v) is 12.8. The van der Waals surface area contributed by atoms with Gasteiger partial charge in [-0.25, -0.2) is 4.68 Å². The van der Waals surface area contributed by atoms with Crippen molar-refractivity contribution in [2.75, 3.05) is 32.1 Å². The Bertz CT molecular complexity index is 1160. The molecule has 1 aromatic heterocycles. The molecule has 9 heteroatoms. The number of nitrogens with zero attached hydrogens (tertiary/aromatic N) is 5. The van der Waals surface area contributed by atoms with E-state index in [0.717, 1.165) is 60.8 Å². The van der Waals surface area contributed by atoms with Crippen molar-refractivity contribution in [1.82, 2.24) is 25.1 Å². The van der Waals surface area contributed by atoms with E-state index in [4.69, 9.17) is 9.47 Å². The lowest BCUT2D eigenvalue weighted by atomic mass is 9.91. The van der Waals surface area contributed by atoms with Gasteiger partial charge in [0.15, 0.2) is 5.82 Å². The summed E-state index contributed by atoms with van der Waals surface area (Å²) in [4.78, 5) is 15.5. The van der Waals surface area contributed by atoms with Gasteiger partial charge < -0.3 is 14.8 Å². The molecule has 1 fully saturated rings. The Morgan fingerprint density at radius 1 is 1.22 bits per heavy atom. The quantitative estimate of drug-likeness (QED) is 0.465. The van der Waals surface area contributed by atoms with E-state index in [1.807, 2.05) is 41.1 Å². The predicted molar refractivity (Wildman–Crippen MR) is 136 cm³/mol. The average Bonchev–Trinajstić information content (AvgIpc) is 3.58. The van der Waals surface area contributed by atoms with Gasteiger partial charge in [-0.2, -0.15) is 0 Å². The minimum absolute atomic E-state index is 0.0348. The van der Waals surface area contributed by atoms with Gasteiger partial charge >= 0.3 is 0 Å². The number of benzene rings is 2. The van der Waals surface area contributed by atoms with E-state index >= 15 is 0 Å². The van der Waals surface area contributed by atoms with Crippen molar-refractivity contribution in [1.29, 1.82) is 0 Å². The van der Waals surface area contributed by atoms with Gasteiger partial charge in [0.25, 0.3) is 0 Å². The number of ether oxygens (including phenoxy) is 2. The second-order valence-electron chi connectivity index (χ2n) is 9.61. The van der Waals surface area contributed by atoms with Crippen LogP contribution in [0.1, 0.15) is 49.2 Å². The van der Waals surface area contributed by atoms with Crippen molar-refractivity contribution in [3.63, 3.8) is 0 Å². The van der Waals surface area contributed by atoms with E-state index in [0.29, 0.717) is 19.5 Å². The predicted octanol–water partition coefficient (Wildman–Crippen LogP) is 3.47. The van der Waals surface area contributed by atoms with Crippen LogP contribution in [0, 0.1) is 5.92 Å². The smallest absolute Gasteiger partial charge is 0.229 e. The number of aromatic nitrogens is 4. The van der Waals surface area contributed by atoms with Gasteiger partial charge in [-0.3, -0.25) is 9.69 Å². The number of nitrogens with one attached hydrogen (secondary N) is 1. The molecule has 3 unspecified atom stereocenters. The highest BCUT2D eigenvalue weighted by atomic mass is 16.5. The van der Waals surface area contributed by atoms with E-state index in [9.17, 15) is 4.79 Å². The van der Waals surface area contributed by atoms with Crippen LogP contribution in [0.2, 0.25) is 0 Å². The molecule has 0 bridgehead atoms. The van der Waals surface area contributed by atoms with Crippen LogP contribution in [0.3, 0.4) is 0 Å². The lowest BCUT2D eigenvalue weighted by molar-refractivity contribution is -0.121. The van der Waals surface area contributed by atoms with Crippen LogP contribution < -0.4 is 10.1 Å². The highest BCUT2D eigenvalue weighted by Gasteiger charge is 2.34. The summed E-state index contributed by atoms with van der Waals surface area (Å²) in [6.07, 6.45) is 3.72. The summed E-state index contributed by atoms with van der Waals surface area (Å²) in [5.74, 6) is 1.46. The minimum Gasteiger partial charge on any atom is -0.497 e. The van der Waals surface area contributed by atoms with E-state index in [-0.39, 0.29) is 24.0 Å². The lowest BCUT2D eigenvalue weighted by Gasteiger charge is -2.36.